The van der Waals surface area contributed by atoms with E-state index in [0.717, 1.165) is 0 Å². The average Bonchev–Trinajstić information content (AvgIpc) is 2.86. The predicted octanol–water partition coefficient (Wildman–Crippen LogP) is 2.70. The first-order valence-corrected chi connectivity index (χ1v) is 11.4. The van der Waals surface area contributed by atoms with Gasteiger partial charge in [0.2, 0.25) is 0 Å². The van der Waals surface area contributed by atoms with Crippen LogP contribution >= 0.6 is 0 Å². The summed E-state index contributed by atoms with van der Waals surface area (Å²) in [5, 5.41) is 0. The third-order valence-corrected chi connectivity index (χ3v) is 5.96. The molecule has 1 aliphatic rings. The fraction of sp³-hybridized carbons (Fsp3) is 0.480. The van der Waals surface area contributed by atoms with Crippen molar-refractivity contribution in [3.05, 3.63) is 46.5 Å². The number of amides is 2. The van der Waals surface area contributed by atoms with Gasteiger partial charge in [-0.15, -0.1) is 0 Å². The molecule has 10 heteroatoms. The number of nitrogens with zero attached hydrogens (tertiary/aromatic N) is 4. The van der Waals surface area contributed by atoms with Crippen LogP contribution in [0.15, 0.2) is 18.2 Å². The van der Waals surface area contributed by atoms with E-state index < -0.39 is 5.97 Å². The Morgan fingerprint density at radius 3 is 2.11 bits per heavy atom. The van der Waals surface area contributed by atoms with Crippen LogP contribution < -0.4 is 9.47 Å². The molecule has 10 nitrogen and oxygen atoms in total. The van der Waals surface area contributed by atoms with Crippen molar-refractivity contribution in [1.29, 1.82) is 0 Å². The zero-order valence-corrected chi connectivity index (χ0v) is 21.2. The smallest absolute Gasteiger partial charge is 0.342 e. The minimum Gasteiger partial charge on any atom is -0.497 e. The second-order valence-electron chi connectivity index (χ2n) is 8.73. The Morgan fingerprint density at radius 2 is 1.60 bits per heavy atom. The lowest BCUT2D eigenvalue weighted by Gasteiger charge is -2.40. The SMILES string of the molecule is COC(=O)c1c(C(=O)N2CCN(C(=O)c3cc(OC)cc(OC)c3)C(C)C2)nc(C)nc1C(C)C. The van der Waals surface area contributed by atoms with Crippen molar-refractivity contribution in [2.24, 2.45) is 0 Å². The van der Waals surface area contributed by atoms with Crippen LogP contribution in [0.3, 0.4) is 0 Å². The molecule has 1 fully saturated rings. The molecule has 188 valence electrons. The van der Waals surface area contributed by atoms with Crippen LogP contribution in [0.2, 0.25) is 0 Å². The van der Waals surface area contributed by atoms with E-state index in [1.54, 1.807) is 34.9 Å². The number of hydrogen-bond donors (Lipinski definition) is 0. The molecule has 1 saturated heterocycles. The van der Waals surface area contributed by atoms with Crippen molar-refractivity contribution in [2.45, 2.75) is 39.7 Å². The van der Waals surface area contributed by atoms with Gasteiger partial charge in [0.05, 0.1) is 27.0 Å². The molecule has 0 spiro atoms. The molecule has 2 amide bonds. The number of aromatic nitrogens is 2. The van der Waals surface area contributed by atoms with Crippen LogP contribution in [0.1, 0.15) is 69.4 Å². The van der Waals surface area contributed by atoms with Crippen LogP contribution in [-0.2, 0) is 4.74 Å². The van der Waals surface area contributed by atoms with Crippen molar-refractivity contribution in [2.75, 3.05) is 41.0 Å². The van der Waals surface area contributed by atoms with Gasteiger partial charge in [-0.2, -0.15) is 0 Å². The molecular weight excluding hydrogens is 452 g/mol. The van der Waals surface area contributed by atoms with E-state index in [1.165, 1.54) is 21.3 Å². The Balaban J connectivity index is 1.86. The van der Waals surface area contributed by atoms with E-state index >= 15 is 0 Å². The second-order valence-corrected chi connectivity index (χ2v) is 8.73. The lowest BCUT2D eigenvalue weighted by molar-refractivity contribution is 0.0407. The molecule has 0 aliphatic carbocycles. The van der Waals surface area contributed by atoms with E-state index in [0.29, 0.717) is 35.1 Å². The highest BCUT2D eigenvalue weighted by molar-refractivity contribution is 6.05. The summed E-state index contributed by atoms with van der Waals surface area (Å²) in [4.78, 5) is 51.4. The standard InChI is InChI=1S/C25H32N4O6/c1-14(2)21-20(25(32)35-7)22(27-16(4)26-21)24(31)28-8-9-29(15(3)13-28)23(30)17-10-18(33-5)12-19(11-17)34-6/h10-12,14-15H,8-9,13H2,1-7H3. The number of methoxy groups -OCH3 is 3. The van der Waals surface area contributed by atoms with Gasteiger partial charge in [-0.3, -0.25) is 9.59 Å². The molecule has 35 heavy (non-hydrogen) atoms. The summed E-state index contributed by atoms with van der Waals surface area (Å²) in [6.07, 6.45) is 0. The molecule has 2 heterocycles. The zero-order valence-electron chi connectivity index (χ0n) is 21.2. The van der Waals surface area contributed by atoms with Gasteiger partial charge in [-0.1, -0.05) is 13.8 Å². The summed E-state index contributed by atoms with van der Waals surface area (Å²) in [5.74, 6) is 0.112. The van der Waals surface area contributed by atoms with Crippen molar-refractivity contribution in [1.82, 2.24) is 19.8 Å². The molecule has 0 N–H and O–H groups in total. The second kappa shape index (κ2) is 10.7. The maximum absolute atomic E-state index is 13.5. The number of hydrogen-bond acceptors (Lipinski definition) is 8. The summed E-state index contributed by atoms with van der Waals surface area (Å²) in [5.41, 5.74) is 1.03. The van der Waals surface area contributed by atoms with Crippen molar-refractivity contribution < 1.29 is 28.6 Å². The first-order chi connectivity index (χ1) is 16.6. The Bertz CT molecular complexity index is 1110. The molecule has 2 aromatic rings. The molecule has 0 radical (unpaired) electrons. The molecule has 1 atom stereocenters. The van der Waals surface area contributed by atoms with Crippen LogP contribution in [0.4, 0.5) is 0 Å². The summed E-state index contributed by atoms with van der Waals surface area (Å²) >= 11 is 0. The maximum Gasteiger partial charge on any atom is 0.342 e. The zero-order chi connectivity index (χ0) is 25.9. The number of rotatable bonds is 6. The molecule has 0 saturated carbocycles. The molecular formula is C25H32N4O6. The number of esters is 1. The quantitative estimate of drug-likeness (QED) is 0.576. The Kier molecular flexibility index (Phi) is 7.93. The van der Waals surface area contributed by atoms with Gasteiger partial charge in [0.1, 0.15) is 28.6 Å². The first kappa shape index (κ1) is 25.9. The number of piperazine rings is 1. The lowest BCUT2D eigenvalue weighted by Crippen LogP contribution is -2.55. The van der Waals surface area contributed by atoms with E-state index in [9.17, 15) is 14.4 Å². The fourth-order valence-corrected chi connectivity index (χ4v) is 4.16. The molecule has 1 aromatic carbocycles. The van der Waals surface area contributed by atoms with E-state index in [1.807, 2.05) is 20.8 Å². The molecule has 1 unspecified atom stereocenters. The van der Waals surface area contributed by atoms with Gasteiger partial charge in [0, 0.05) is 37.3 Å². The Morgan fingerprint density at radius 1 is 0.971 bits per heavy atom. The fourth-order valence-electron chi connectivity index (χ4n) is 4.16. The molecule has 0 bridgehead atoms. The van der Waals surface area contributed by atoms with Crippen molar-refractivity contribution in [3.63, 3.8) is 0 Å². The van der Waals surface area contributed by atoms with E-state index in [-0.39, 0.29) is 48.1 Å². The van der Waals surface area contributed by atoms with Gasteiger partial charge in [-0.05, 0) is 31.9 Å². The average molecular weight is 485 g/mol. The minimum atomic E-state index is -0.647. The summed E-state index contributed by atoms with van der Waals surface area (Å²) < 4.78 is 15.5. The highest BCUT2D eigenvalue weighted by Gasteiger charge is 2.34. The first-order valence-electron chi connectivity index (χ1n) is 11.4. The van der Waals surface area contributed by atoms with Gasteiger partial charge >= 0.3 is 5.97 Å². The lowest BCUT2D eigenvalue weighted by atomic mass is 10.0. The van der Waals surface area contributed by atoms with Gasteiger partial charge in [-0.25, -0.2) is 14.8 Å². The maximum atomic E-state index is 13.5. The molecule has 3 rings (SSSR count). The highest BCUT2D eigenvalue weighted by Crippen LogP contribution is 2.26. The van der Waals surface area contributed by atoms with Crippen molar-refractivity contribution >= 4 is 17.8 Å². The van der Waals surface area contributed by atoms with Crippen LogP contribution in [-0.4, -0.2) is 84.6 Å². The number of carbonyl (C=O) groups excluding carboxylic acids is 3. The van der Waals surface area contributed by atoms with Crippen LogP contribution in [0.5, 0.6) is 11.5 Å². The van der Waals surface area contributed by atoms with E-state index in [4.69, 9.17) is 14.2 Å². The topological polar surface area (TPSA) is 111 Å². The number of aryl methyl sites for hydroxylation is 1. The summed E-state index contributed by atoms with van der Waals surface area (Å²) in [6.45, 7) is 8.24. The third kappa shape index (κ3) is 5.36. The number of benzene rings is 1. The highest BCUT2D eigenvalue weighted by atomic mass is 16.5. The van der Waals surface area contributed by atoms with Crippen molar-refractivity contribution in [3.8, 4) is 11.5 Å². The monoisotopic (exact) mass is 484 g/mol. The van der Waals surface area contributed by atoms with Crippen LogP contribution in [0, 0.1) is 6.92 Å². The van der Waals surface area contributed by atoms with Gasteiger partial charge in [0.15, 0.2) is 0 Å². The summed E-state index contributed by atoms with van der Waals surface area (Å²) in [6, 6.07) is 4.75. The summed E-state index contributed by atoms with van der Waals surface area (Å²) in [7, 11) is 4.32. The predicted molar refractivity (Wildman–Crippen MR) is 128 cm³/mol. The Hall–Kier alpha value is -3.69. The third-order valence-electron chi connectivity index (χ3n) is 5.96. The molecule has 1 aliphatic heterocycles. The Labute approximate surface area is 205 Å². The number of ether oxygens (including phenoxy) is 3. The number of carbonyl (C=O) groups is 3. The molecule has 1 aromatic heterocycles. The van der Waals surface area contributed by atoms with Gasteiger partial charge < -0.3 is 24.0 Å². The van der Waals surface area contributed by atoms with Crippen LogP contribution in [0.25, 0.3) is 0 Å². The minimum absolute atomic E-state index is 0.0255. The van der Waals surface area contributed by atoms with Gasteiger partial charge in [0.25, 0.3) is 11.8 Å². The normalized spacial score (nSPS) is 15.7. The largest absolute Gasteiger partial charge is 0.497 e. The van der Waals surface area contributed by atoms with E-state index in [2.05, 4.69) is 9.97 Å².